The van der Waals surface area contributed by atoms with Crippen molar-refractivity contribution in [1.29, 1.82) is 0 Å². The molecule has 172 valence electrons. The summed E-state index contributed by atoms with van der Waals surface area (Å²) in [5.41, 5.74) is 10.4. The molecule has 1 atom stereocenters. The molecule has 0 saturated carbocycles. The zero-order valence-corrected chi connectivity index (χ0v) is 19.1. The second-order valence-electron chi connectivity index (χ2n) is 8.38. The minimum absolute atomic E-state index is 0.275. The second-order valence-corrected chi connectivity index (χ2v) is 8.38. The number of para-hydroxylation sites is 1. The van der Waals surface area contributed by atoms with Gasteiger partial charge in [-0.15, -0.1) is 0 Å². The summed E-state index contributed by atoms with van der Waals surface area (Å²) in [6.07, 6.45) is 0.926. The van der Waals surface area contributed by atoms with Gasteiger partial charge in [-0.25, -0.2) is 4.79 Å². The lowest BCUT2D eigenvalue weighted by molar-refractivity contribution is 0.0602. The fraction of sp³-hybridized carbons (Fsp3) is 0.296. The van der Waals surface area contributed by atoms with E-state index in [0.29, 0.717) is 23.5 Å². The number of esters is 1. The van der Waals surface area contributed by atoms with Crippen LogP contribution in [0.5, 0.6) is 0 Å². The monoisotopic (exact) mass is 444 g/mol. The Balaban J connectivity index is 1.48. The number of nitrogens with two attached hydrogens (primary N) is 1. The van der Waals surface area contributed by atoms with E-state index in [9.17, 15) is 4.79 Å². The molecule has 1 heterocycles. The molecule has 6 heteroatoms. The van der Waals surface area contributed by atoms with Gasteiger partial charge in [0.05, 0.1) is 18.4 Å². The summed E-state index contributed by atoms with van der Waals surface area (Å²) < 4.78 is 4.95. The van der Waals surface area contributed by atoms with E-state index in [4.69, 9.17) is 10.5 Å². The van der Waals surface area contributed by atoms with Gasteiger partial charge >= 0.3 is 5.97 Å². The highest BCUT2D eigenvalue weighted by Crippen LogP contribution is 2.22. The van der Waals surface area contributed by atoms with E-state index in [0.717, 1.165) is 32.6 Å². The molecule has 1 aliphatic heterocycles. The molecule has 3 aromatic carbocycles. The molecule has 1 fully saturated rings. The third-order valence-corrected chi connectivity index (χ3v) is 6.24. The van der Waals surface area contributed by atoms with Gasteiger partial charge < -0.3 is 20.7 Å². The molecule has 4 rings (SSSR count). The first kappa shape index (κ1) is 22.7. The van der Waals surface area contributed by atoms with Crippen molar-refractivity contribution in [3.05, 3.63) is 90.0 Å². The van der Waals surface area contributed by atoms with Gasteiger partial charge in [0.25, 0.3) is 0 Å². The summed E-state index contributed by atoms with van der Waals surface area (Å²) in [5.74, 6) is -0.367. The Morgan fingerprint density at radius 1 is 0.970 bits per heavy atom. The van der Waals surface area contributed by atoms with Gasteiger partial charge in [0.2, 0.25) is 0 Å². The minimum Gasteiger partial charge on any atom is -0.465 e. The Hall–Kier alpha value is -3.51. The van der Waals surface area contributed by atoms with Crippen molar-refractivity contribution in [1.82, 2.24) is 4.90 Å². The van der Waals surface area contributed by atoms with E-state index in [2.05, 4.69) is 69.7 Å². The number of nitrogens with zero attached hydrogens (tertiary/aromatic N) is 2. The summed E-state index contributed by atoms with van der Waals surface area (Å²) >= 11 is 0. The maximum Gasteiger partial charge on any atom is 0.339 e. The molecular weight excluding hydrogens is 412 g/mol. The number of anilines is 3. The predicted molar refractivity (Wildman–Crippen MR) is 135 cm³/mol. The number of hydrogen-bond donors (Lipinski definition) is 2. The highest BCUT2D eigenvalue weighted by Gasteiger charge is 2.25. The number of rotatable bonds is 8. The average molecular weight is 445 g/mol. The summed E-state index contributed by atoms with van der Waals surface area (Å²) in [6.45, 7) is 4.64. The Labute approximate surface area is 196 Å². The molecule has 6 nitrogen and oxygen atoms in total. The number of piperazine rings is 1. The van der Waals surface area contributed by atoms with Gasteiger partial charge in [-0.2, -0.15) is 0 Å². The first-order chi connectivity index (χ1) is 16.1. The lowest BCUT2D eigenvalue weighted by atomic mass is 10.0. The number of carbonyl (C=O) groups is 1. The van der Waals surface area contributed by atoms with Gasteiger partial charge in [-0.1, -0.05) is 48.5 Å². The van der Waals surface area contributed by atoms with Gasteiger partial charge in [0.1, 0.15) is 0 Å². The van der Waals surface area contributed by atoms with Gasteiger partial charge in [-0.3, -0.25) is 4.90 Å². The number of nitrogen functional groups attached to an aromatic ring is 1. The molecule has 0 aliphatic carbocycles. The zero-order chi connectivity index (χ0) is 23.0. The van der Waals surface area contributed by atoms with E-state index in [1.54, 1.807) is 18.2 Å². The van der Waals surface area contributed by atoms with Crippen LogP contribution in [0, 0.1) is 0 Å². The number of benzene rings is 3. The Morgan fingerprint density at radius 3 is 2.30 bits per heavy atom. The summed E-state index contributed by atoms with van der Waals surface area (Å²) in [4.78, 5) is 17.2. The standard InChI is InChI=1S/C27H32N4O2/c1-33-27(32)25-13-12-22(28)19-26(25)29-20-24(18-21-8-4-2-5-9-21)31-16-14-30(15-17-31)23-10-6-3-7-11-23/h2-13,19,24,29H,14-18,20,28H2,1H3. The molecule has 1 saturated heterocycles. The maximum atomic E-state index is 12.2. The maximum absolute atomic E-state index is 12.2. The lowest BCUT2D eigenvalue weighted by Gasteiger charge is -2.40. The molecule has 3 aromatic rings. The largest absolute Gasteiger partial charge is 0.465 e. The van der Waals surface area contributed by atoms with Crippen molar-refractivity contribution >= 4 is 23.0 Å². The van der Waals surface area contributed by atoms with E-state index >= 15 is 0 Å². The lowest BCUT2D eigenvalue weighted by Crippen LogP contribution is -2.53. The van der Waals surface area contributed by atoms with E-state index in [-0.39, 0.29) is 12.0 Å². The van der Waals surface area contributed by atoms with Crippen LogP contribution in [-0.4, -0.2) is 56.7 Å². The highest BCUT2D eigenvalue weighted by molar-refractivity contribution is 5.96. The number of carbonyl (C=O) groups excluding carboxylic acids is 1. The SMILES string of the molecule is COC(=O)c1ccc(N)cc1NCC(Cc1ccccc1)N1CCN(c2ccccc2)CC1. The topological polar surface area (TPSA) is 70.8 Å². The summed E-state index contributed by atoms with van der Waals surface area (Å²) in [7, 11) is 1.40. The third kappa shape index (κ3) is 5.84. The van der Waals surface area contributed by atoms with Crippen LogP contribution in [0.4, 0.5) is 17.1 Å². The Kier molecular flexibility index (Phi) is 7.47. The van der Waals surface area contributed by atoms with Crippen molar-refractivity contribution in [2.45, 2.75) is 12.5 Å². The van der Waals surface area contributed by atoms with Gasteiger partial charge in [0, 0.05) is 50.1 Å². The quantitative estimate of drug-likeness (QED) is 0.406. The summed E-state index contributed by atoms with van der Waals surface area (Å²) in [5, 5.41) is 3.49. The van der Waals surface area contributed by atoms with Crippen molar-refractivity contribution in [2.24, 2.45) is 0 Å². The molecule has 0 radical (unpaired) electrons. The summed E-state index contributed by atoms with van der Waals surface area (Å²) in [6, 6.07) is 26.7. The van der Waals surface area contributed by atoms with Crippen LogP contribution in [-0.2, 0) is 11.2 Å². The second kappa shape index (κ2) is 10.9. The molecule has 0 bridgehead atoms. The molecule has 0 spiro atoms. The van der Waals surface area contributed by atoms with Crippen LogP contribution < -0.4 is 16.0 Å². The van der Waals surface area contributed by atoms with Crippen LogP contribution in [0.3, 0.4) is 0 Å². The highest BCUT2D eigenvalue weighted by atomic mass is 16.5. The van der Waals surface area contributed by atoms with Crippen LogP contribution >= 0.6 is 0 Å². The molecule has 33 heavy (non-hydrogen) atoms. The molecule has 0 aromatic heterocycles. The van der Waals surface area contributed by atoms with Crippen molar-refractivity contribution < 1.29 is 9.53 Å². The average Bonchev–Trinajstić information content (AvgIpc) is 2.87. The Morgan fingerprint density at radius 2 is 1.64 bits per heavy atom. The van der Waals surface area contributed by atoms with Crippen molar-refractivity contribution in [2.75, 3.05) is 55.8 Å². The first-order valence-electron chi connectivity index (χ1n) is 11.4. The van der Waals surface area contributed by atoms with Crippen molar-refractivity contribution in [3.8, 4) is 0 Å². The smallest absolute Gasteiger partial charge is 0.339 e. The molecular formula is C27H32N4O2. The predicted octanol–water partition coefficient (Wildman–Crippen LogP) is 3.90. The molecule has 1 aliphatic rings. The van der Waals surface area contributed by atoms with Crippen LogP contribution in [0.2, 0.25) is 0 Å². The number of nitrogens with one attached hydrogen (secondary N) is 1. The van der Waals surface area contributed by atoms with E-state index in [1.165, 1.54) is 18.4 Å². The van der Waals surface area contributed by atoms with E-state index < -0.39 is 0 Å². The van der Waals surface area contributed by atoms with E-state index in [1.807, 2.05) is 6.07 Å². The first-order valence-corrected chi connectivity index (χ1v) is 11.4. The van der Waals surface area contributed by atoms with Crippen LogP contribution in [0.25, 0.3) is 0 Å². The number of methoxy groups -OCH3 is 1. The normalized spacial score (nSPS) is 15.1. The fourth-order valence-electron chi connectivity index (χ4n) is 4.42. The van der Waals surface area contributed by atoms with Crippen LogP contribution in [0.1, 0.15) is 15.9 Å². The van der Waals surface area contributed by atoms with Gasteiger partial charge in [0.15, 0.2) is 0 Å². The molecule has 1 unspecified atom stereocenters. The number of ether oxygens (including phenoxy) is 1. The zero-order valence-electron chi connectivity index (χ0n) is 19.1. The fourth-order valence-corrected chi connectivity index (χ4v) is 4.42. The molecule has 0 amide bonds. The minimum atomic E-state index is -0.367. The third-order valence-electron chi connectivity index (χ3n) is 6.24. The van der Waals surface area contributed by atoms with Crippen molar-refractivity contribution in [3.63, 3.8) is 0 Å². The Bertz CT molecular complexity index is 1030. The molecule has 3 N–H and O–H groups in total. The van der Waals surface area contributed by atoms with Gasteiger partial charge in [-0.05, 0) is 42.3 Å². The van der Waals surface area contributed by atoms with Crippen LogP contribution in [0.15, 0.2) is 78.9 Å². The number of hydrogen-bond acceptors (Lipinski definition) is 6.